The summed E-state index contributed by atoms with van der Waals surface area (Å²) >= 11 is 0. The molecule has 0 bridgehead atoms. The number of benzene rings is 2. The summed E-state index contributed by atoms with van der Waals surface area (Å²) in [5.41, 5.74) is 1.66. The van der Waals surface area contributed by atoms with Crippen molar-refractivity contribution in [1.82, 2.24) is 5.32 Å². The van der Waals surface area contributed by atoms with Gasteiger partial charge in [-0.2, -0.15) is 0 Å². The molecule has 3 rings (SSSR count). The van der Waals surface area contributed by atoms with E-state index in [-0.39, 0.29) is 18.2 Å². The lowest BCUT2D eigenvalue weighted by Gasteiger charge is -2.39. The van der Waals surface area contributed by atoms with Crippen LogP contribution in [0.4, 0.5) is 10.1 Å². The number of anilines is 1. The molecular weight excluding hydrogens is 419 g/mol. The van der Waals surface area contributed by atoms with E-state index in [4.69, 9.17) is 4.74 Å². The van der Waals surface area contributed by atoms with Crippen LogP contribution in [0.1, 0.15) is 50.8 Å². The number of fused-ring (bicyclic) bond motifs is 1. The smallest absolute Gasteiger partial charge is 0.244 e. The van der Waals surface area contributed by atoms with Gasteiger partial charge in [0.15, 0.2) is 0 Å². The molecule has 2 atom stereocenters. The molecule has 0 aliphatic carbocycles. The van der Waals surface area contributed by atoms with Crippen LogP contribution in [0.3, 0.4) is 0 Å². The fraction of sp³-hybridized carbons (Fsp3) is 0.435. The van der Waals surface area contributed by atoms with Crippen LogP contribution in [0, 0.1) is 12.7 Å². The van der Waals surface area contributed by atoms with Gasteiger partial charge in [0.1, 0.15) is 23.2 Å². The molecule has 6 nitrogen and oxygen atoms in total. The van der Waals surface area contributed by atoms with Gasteiger partial charge in [-0.05, 0) is 57.5 Å². The number of nitrogens with one attached hydrogen (secondary N) is 1. The van der Waals surface area contributed by atoms with Gasteiger partial charge in [0.05, 0.1) is 18.0 Å². The minimum absolute atomic E-state index is 0.245. The summed E-state index contributed by atoms with van der Waals surface area (Å²) in [7, 11) is -3.79. The molecule has 168 valence electrons. The molecule has 0 aromatic heterocycles. The van der Waals surface area contributed by atoms with Crippen molar-refractivity contribution in [3.05, 3.63) is 59.4 Å². The highest BCUT2D eigenvalue weighted by molar-refractivity contribution is 7.92. The van der Waals surface area contributed by atoms with Gasteiger partial charge in [0.2, 0.25) is 15.9 Å². The lowest BCUT2D eigenvalue weighted by molar-refractivity contribution is -0.123. The topological polar surface area (TPSA) is 75.7 Å². The maximum Gasteiger partial charge on any atom is 0.244 e. The second-order valence-electron chi connectivity index (χ2n) is 8.63. The molecular formula is C23H29FN2O4S. The van der Waals surface area contributed by atoms with Crippen molar-refractivity contribution in [2.45, 2.75) is 58.2 Å². The van der Waals surface area contributed by atoms with E-state index in [1.165, 1.54) is 24.3 Å². The molecule has 31 heavy (non-hydrogen) atoms. The van der Waals surface area contributed by atoms with Crippen molar-refractivity contribution in [3.63, 3.8) is 0 Å². The van der Waals surface area contributed by atoms with E-state index in [9.17, 15) is 17.6 Å². The highest BCUT2D eigenvalue weighted by Gasteiger charge is 2.37. The Hall–Kier alpha value is -2.61. The van der Waals surface area contributed by atoms with Crippen LogP contribution in [0.15, 0.2) is 42.5 Å². The predicted molar refractivity (Wildman–Crippen MR) is 119 cm³/mol. The summed E-state index contributed by atoms with van der Waals surface area (Å²) in [5, 5.41) is 3.04. The molecule has 1 amide bonds. The largest absolute Gasteiger partial charge is 0.487 e. The summed E-state index contributed by atoms with van der Waals surface area (Å²) in [4.78, 5) is 13.3. The minimum atomic E-state index is -3.79. The van der Waals surface area contributed by atoms with Gasteiger partial charge in [-0.3, -0.25) is 9.10 Å². The molecule has 1 N–H and O–H groups in total. The van der Waals surface area contributed by atoms with Crippen molar-refractivity contribution >= 4 is 21.6 Å². The van der Waals surface area contributed by atoms with Crippen LogP contribution >= 0.6 is 0 Å². The van der Waals surface area contributed by atoms with Gasteiger partial charge in [-0.15, -0.1) is 0 Å². The number of hydrogen-bond donors (Lipinski definition) is 1. The monoisotopic (exact) mass is 448 g/mol. The SMILES string of the molecule is CC[C@H](C(=O)N[C@@H]1CC(C)(C)Oc2ccc(C)cc21)N(c1ccc(F)cc1)S(C)(=O)=O. The number of nitrogens with zero attached hydrogens (tertiary/aromatic N) is 1. The maximum atomic E-state index is 13.4. The van der Waals surface area contributed by atoms with E-state index in [2.05, 4.69) is 5.32 Å². The molecule has 0 radical (unpaired) electrons. The van der Waals surface area contributed by atoms with E-state index < -0.39 is 33.4 Å². The second-order valence-corrected chi connectivity index (χ2v) is 10.5. The zero-order valence-corrected chi connectivity index (χ0v) is 19.3. The predicted octanol–water partition coefficient (Wildman–Crippen LogP) is 4.10. The molecule has 8 heteroatoms. The van der Waals surface area contributed by atoms with E-state index >= 15 is 0 Å². The van der Waals surface area contributed by atoms with Gasteiger partial charge < -0.3 is 10.1 Å². The fourth-order valence-corrected chi connectivity index (χ4v) is 5.23. The Labute approximate surface area is 183 Å². The first kappa shape index (κ1) is 23.1. The number of aryl methyl sites for hydroxylation is 1. The summed E-state index contributed by atoms with van der Waals surface area (Å²) in [5.74, 6) is -0.183. The standard InChI is InChI=1S/C23H29FN2O4S/c1-6-20(26(31(5,28)29)17-10-8-16(24)9-11-17)22(27)25-19-14-23(3,4)30-21-12-7-15(2)13-18(19)21/h7-13,19-20H,6,14H2,1-5H3,(H,25,27)/t19-,20-/m1/s1. The van der Waals surface area contributed by atoms with Crippen molar-refractivity contribution in [3.8, 4) is 5.75 Å². The molecule has 0 saturated carbocycles. The average Bonchev–Trinajstić information content (AvgIpc) is 2.66. The Morgan fingerprint density at radius 1 is 1.26 bits per heavy atom. The van der Waals surface area contributed by atoms with E-state index in [1.807, 2.05) is 39.0 Å². The van der Waals surface area contributed by atoms with Gasteiger partial charge >= 0.3 is 0 Å². The first-order valence-electron chi connectivity index (χ1n) is 10.3. The fourth-order valence-electron chi connectivity index (χ4n) is 4.02. The summed E-state index contributed by atoms with van der Waals surface area (Å²) in [6.07, 6.45) is 1.84. The molecule has 2 aromatic carbocycles. The lowest BCUT2D eigenvalue weighted by atomic mass is 9.88. The number of halogens is 1. The summed E-state index contributed by atoms with van der Waals surface area (Å²) < 4.78 is 45.7. The van der Waals surface area contributed by atoms with Crippen molar-refractivity contribution in [1.29, 1.82) is 0 Å². The maximum absolute atomic E-state index is 13.4. The van der Waals surface area contributed by atoms with E-state index in [0.29, 0.717) is 12.2 Å². The normalized spacial score (nSPS) is 18.5. The van der Waals surface area contributed by atoms with Crippen molar-refractivity contribution < 1.29 is 22.3 Å². The molecule has 2 aromatic rings. The number of sulfonamides is 1. The third kappa shape index (κ3) is 5.18. The van der Waals surface area contributed by atoms with Crippen LogP contribution in [-0.2, 0) is 14.8 Å². The molecule has 1 aliphatic rings. The van der Waals surface area contributed by atoms with Crippen molar-refractivity contribution in [2.24, 2.45) is 0 Å². The van der Waals surface area contributed by atoms with Gasteiger partial charge in [-0.25, -0.2) is 12.8 Å². The number of amides is 1. The minimum Gasteiger partial charge on any atom is -0.487 e. The number of carbonyl (C=O) groups is 1. The first-order valence-corrected chi connectivity index (χ1v) is 12.1. The molecule has 1 heterocycles. The Morgan fingerprint density at radius 3 is 2.48 bits per heavy atom. The zero-order valence-electron chi connectivity index (χ0n) is 18.5. The zero-order chi connectivity index (χ0) is 23.0. The number of carbonyl (C=O) groups excluding carboxylic acids is 1. The van der Waals surface area contributed by atoms with Crippen molar-refractivity contribution in [2.75, 3.05) is 10.6 Å². The molecule has 0 spiro atoms. The quantitative estimate of drug-likeness (QED) is 0.722. The highest BCUT2D eigenvalue weighted by Crippen LogP contribution is 2.40. The molecule has 1 aliphatic heterocycles. The Kier molecular flexibility index (Phi) is 6.32. The summed E-state index contributed by atoms with van der Waals surface area (Å²) in [6, 6.07) is 9.61. The molecule has 0 saturated heterocycles. The third-order valence-corrected chi connectivity index (χ3v) is 6.53. The number of hydrogen-bond acceptors (Lipinski definition) is 4. The van der Waals surface area contributed by atoms with Gasteiger partial charge in [0, 0.05) is 12.0 Å². The molecule has 0 fully saturated rings. The molecule has 0 unspecified atom stereocenters. The number of ether oxygens (including phenoxy) is 1. The second kappa shape index (κ2) is 8.49. The third-order valence-electron chi connectivity index (χ3n) is 5.35. The van der Waals surface area contributed by atoms with Crippen LogP contribution in [-0.4, -0.2) is 32.2 Å². The first-order chi connectivity index (χ1) is 14.4. The average molecular weight is 449 g/mol. The Bertz CT molecular complexity index is 1070. The van der Waals surface area contributed by atoms with Crippen LogP contribution in [0.25, 0.3) is 0 Å². The Balaban J connectivity index is 1.95. The van der Waals surface area contributed by atoms with Crippen LogP contribution < -0.4 is 14.4 Å². The van der Waals surface area contributed by atoms with Gasteiger partial charge in [0.25, 0.3) is 0 Å². The van der Waals surface area contributed by atoms with E-state index in [1.54, 1.807) is 6.92 Å². The number of rotatable bonds is 6. The lowest BCUT2D eigenvalue weighted by Crippen LogP contribution is -2.51. The highest BCUT2D eigenvalue weighted by atomic mass is 32.2. The van der Waals surface area contributed by atoms with Crippen LogP contribution in [0.5, 0.6) is 5.75 Å². The van der Waals surface area contributed by atoms with Crippen LogP contribution in [0.2, 0.25) is 0 Å². The summed E-state index contributed by atoms with van der Waals surface area (Å²) in [6.45, 7) is 7.62. The van der Waals surface area contributed by atoms with Gasteiger partial charge in [-0.1, -0.05) is 24.6 Å². The Morgan fingerprint density at radius 2 is 1.90 bits per heavy atom. The van der Waals surface area contributed by atoms with E-state index in [0.717, 1.165) is 21.7 Å².